The third kappa shape index (κ3) is 11.1. The number of fused-ring (bicyclic) bond motifs is 8. The Kier molecular flexibility index (Phi) is 15.8. The van der Waals surface area contributed by atoms with Gasteiger partial charge in [0.05, 0.1) is 40.5 Å². The summed E-state index contributed by atoms with van der Waals surface area (Å²) in [6.45, 7) is 13.9. The molecule has 0 spiro atoms. The Labute approximate surface area is 519 Å². The molecule has 19 nitrogen and oxygen atoms in total. The summed E-state index contributed by atoms with van der Waals surface area (Å²) in [5, 5.41) is 11.0. The molecule has 6 aromatic rings. The summed E-state index contributed by atoms with van der Waals surface area (Å²) in [4.78, 5) is 57.8. The van der Waals surface area contributed by atoms with Crippen LogP contribution in [0.25, 0.3) is 44.3 Å². The van der Waals surface area contributed by atoms with E-state index in [1.165, 1.54) is 0 Å². The molecule has 9 aliphatic rings. The van der Waals surface area contributed by atoms with Crippen LogP contribution in [0.3, 0.4) is 0 Å². The lowest BCUT2D eigenvalue weighted by atomic mass is 9.92. The van der Waals surface area contributed by atoms with Crippen LogP contribution in [0.5, 0.6) is 12.0 Å². The number of halogens is 2. The van der Waals surface area contributed by atoms with Gasteiger partial charge in [-0.2, -0.15) is 19.9 Å². The molecule has 0 saturated carbocycles. The maximum Gasteiger partial charge on any atom is 0.410 e. The van der Waals surface area contributed by atoms with Crippen molar-refractivity contribution in [1.82, 2.24) is 49.5 Å². The van der Waals surface area contributed by atoms with E-state index in [-0.39, 0.29) is 94.7 Å². The predicted molar refractivity (Wildman–Crippen MR) is 333 cm³/mol. The highest BCUT2D eigenvalue weighted by atomic mass is 19.1. The summed E-state index contributed by atoms with van der Waals surface area (Å²) >= 11 is 0. The number of aliphatic hydroxyl groups excluding tert-OH is 1. The lowest BCUT2D eigenvalue weighted by Crippen LogP contribution is -2.58. The molecule has 13 heterocycles. The van der Waals surface area contributed by atoms with Crippen molar-refractivity contribution in [3.05, 3.63) is 83.7 Å². The van der Waals surface area contributed by atoms with Gasteiger partial charge in [-0.15, -0.1) is 0 Å². The Bertz CT molecular complexity index is 3590. The normalized spacial score (nSPS) is 26.9. The Hall–Kier alpha value is -6.49. The molecule has 1 N–H and O–H groups in total. The SMILES string of the molecule is CC(C)(C)OC(=O)N1C2CCC1CN(c1nc(OCC34CCCN3CC(N3C5CCC3CN(c3nc(OCC67CCCN6CCC7)nc6c(F)c(-c7ccccc7CCO)ncc36)C5)C4)nc3c(F)c(-c4ccccc4CCOC4CCCCO4)ncc13)C2. The third-order valence-corrected chi connectivity index (χ3v) is 21.2. The van der Waals surface area contributed by atoms with Crippen LogP contribution in [0.4, 0.5) is 25.2 Å². The highest BCUT2D eigenvalue weighted by Crippen LogP contribution is 2.47. The summed E-state index contributed by atoms with van der Waals surface area (Å²) in [5.74, 6) is 0.136. The van der Waals surface area contributed by atoms with Crippen LogP contribution in [-0.4, -0.2) is 199 Å². The van der Waals surface area contributed by atoms with Crippen LogP contribution in [0.15, 0.2) is 60.9 Å². The fraction of sp³-hybridized carbons (Fsp3) is 0.603. The van der Waals surface area contributed by atoms with Crippen molar-refractivity contribution in [3.63, 3.8) is 0 Å². The molecule has 0 radical (unpaired) electrons. The van der Waals surface area contributed by atoms with Gasteiger partial charge in [0.25, 0.3) is 0 Å². The standard InChI is InChI=1S/C68H84F2N12O7/c1-66(2,3)89-65(84)82-47-20-21-48(82)39-78(38-47)62-53-35-72-58(51-16-7-5-14-44(51)23-32-86-54-17-8-9-31-85-54)56(70)60(53)74-64(76-62)88-42-68-26-12-29-80(68)40-49(33-68)81-45-18-19-46(81)37-77(36-45)61-52-34-71-57(50-15-6-4-13-43(50)22-30-83)55(69)59(52)73-63(75-61)87-41-67-24-10-27-79(67)28-11-25-67/h4-7,13-16,34-35,45-49,54,83H,8-12,17-33,36-42H2,1-3H3. The number of carbonyl (C=O) groups is 1. The van der Waals surface area contributed by atoms with Gasteiger partial charge in [-0.3, -0.25) is 29.6 Å². The fourth-order valence-electron chi connectivity index (χ4n) is 17.2. The third-order valence-electron chi connectivity index (χ3n) is 21.2. The topological polar surface area (TPSA) is 180 Å². The molecule has 21 heteroatoms. The molecule has 1 amide bonds. The maximum absolute atomic E-state index is 17.8. The van der Waals surface area contributed by atoms with E-state index < -0.39 is 17.2 Å². The fourth-order valence-corrected chi connectivity index (χ4v) is 17.2. The van der Waals surface area contributed by atoms with Crippen molar-refractivity contribution in [2.75, 3.05) is 95.2 Å². The number of amides is 1. The Balaban J connectivity index is 0.702. The van der Waals surface area contributed by atoms with Crippen LogP contribution < -0.4 is 19.3 Å². The van der Waals surface area contributed by atoms with Crippen LogP contribution in [-0.2, 0) is 27.1 Å². The van der Waals surface area contributed by atoms with Crippen molar-refractivity contribution < 1.29 is 42.4 Å². The molecule has 2 aromatic carbocycles. The number of anilines is 2. The van der Waals surface area contributed by atoms with Gasteiger partial charge in [-0.1, -0.05) is 48.5 Å². The second-order valence-electron chi connectivity index (χ2n) is 27.8. The number of ether oxygens (including phenoxy) is 5. The Morgan fingerprint density at radius 3 is 1.75 bits per heavy atom. The second-order valence-corrected chi connectivity index (χ2v) is 27.8. The first-order valence-corrected chi connectivity index (χ1v) is 33.1. The summed E-state index contributed by atoms with van der Waals surface area (Å²) in [7, 11) is 0. The molecule has 89 heavy (non-hydrogen) atoms. The van der Waals surface area contributed by atoms with Gasteiger partial charge in [0.15, 0.2) is 17.9 Å². The average Bonchev–Trinajstić information content (AvgIpc) is 1.78. The second kappa shape index (κ2) is 24.0. The number of hydrogen-bond donors (Lipinski definition) is 1. The molecule has 9 fully saturated rings. The quantitative estimate of drug-likeness (QED) is 0.0911. The minimum absolute atomic E-state index is 0.0483. The number of aromatic nitrogens is 6. The number of hydrogen-bond acceptors (Lipinski definition) is 18. The number of piperazine rings is 2. The van der Waals surface area contributed by atoms with Crippen molar-refractivity contribution in [2.45, 2.75) is 177 Å². The van der Waals surface area contributed by atoms with Crippen molar-refractivity contribution >= 4 is 39.5 Å². The highest BCUT2D eigenvalue weighted by molar-refractivity contribution is 5.93. The molecule has 7 unspecified atom stereocenters. The molecular formula is C68H84F2N12O7. The first-order chi connectivity index (χ1) is 43.3. The van der Waals surface area contributed by atoms with Crippen molar-refractivity contribution in [1.29, 1.82) is 0 Å². The van der Waals surface area contributed by atoms with E-state index in [0.717, 1.165) is 127 Å². The van der Waals surface area contributed by atoms with E-state index in [4.69, 9.17) is 53.6 Å². The van der Waals surface area contributed by atoms with Gasteiger partial charge in [0, 0.05) is 87.6 Å². The van der Waals surface area contributed by atoms with Crippen LogP contribution in [0, 0.1) is 11.6 Å². The summed E-state index contributed by atoms with van der Waals surface area (Å²) < 4.78 is 66.5. The molecule has 472 valence electrons. The van der Waals surface area contributed by atoms with Crippen LogP contribution in [0.2, 0.25) is 0 Å². The number of aliphatic hydroxyl groups is 1. The van der Waals surface area contributed by atoms with E-state index >= 15 is 8.78 Å². The van der Waals surface area contributed by atoms with Crippen LogP contribution >= 0.6 is 0 Å². The predicted octanol–water partition coefficient (Wildman–Crippen LogP) is 9.53. The van der Waals surface area contributed by atoms with E-state index in [2.05, 4.69) is 24.5 Å². The molecule has 7 atom stereocenters. The monoisotopic (exact) mass is 1220 g/mol. The first-order valence-electron chi connectivity index (χ1n) is 33.1. The molecule has 9 saturated heterocycles. The zero-order chi connectivity index (χ0) is 60.6. The van der Waals surface area contributed by atoms with Gasteiger partial charge in [-0.25, -0.2) is 13.6 Å². The smallest absolute Gasteiger partial charge is 0.410 e. The Morgan fingerprint density at radius 1 is 0.640 bits per heavy atom. The molecule has 9 aliphatic heterocycles. The summed E-state index contributed by atoms with van der Waals surface area (Å²) in [6, 6.07) is 16.1. The zero-order valence-electron chi connectivity index (χ0n) is 51.8. The zero-order valence-corrected chi connectivity index (χ0v) is 51.8. The largest absolute Gasteiger partial charge is 0.461 e. The van der Waals surface area contributed by atoms with Gasteiger partial charge in [-0.05, 0) is 154 Å². The molecule has 0 aliphatic carbocycles. The number of benzene rings is 2. The average molecular weight is 1220 g/mol. The first kappa shape index (κ1) is 58.9. The number of pyridine rings is 2. The Morgan fingerprint density at radius 2 is 1.18 bits per heavy atom. The molecule has 4 bridgehead atoms. The van der Waals surface area contributed by atoms with Crippen molar-refractivity contribution in [2.24, 2.45) is 0 Å². The van der Waals surface area contributed by atoms with Crippen molar-refractivity contribution in [3.8, 4) is 34.5 Å². The van der Waals surface area contributed by atoms with E-state index in [0.29, 0.717) is 99.0 Å². The van der Waals surface area contributed by atoms with Gasteiger partial charge in [0.1, 0.15) is 52.9 Å². The lowest BCUT2D eigenvalue weighted by molar-refractivity contribution is -0.161. The summed E-state index contributed by atoms with van der Waals surface area (Å²) in [5.41, 5.74) is 2.81. The van der Waals surface area contributed by atoms with E-state index in [1.807, 2.05) is 74.2 Å². The minimum atomic E-state index is -0.633. The van der Waals surface area contributed by atoms with Crippen LogP contribution in [0.1, 0.15) is 122 Å². The van der Waals surface area contributed by atoms with E-state index in [9.17, 15) is 9.90 Å². The number of rotatable bonds is 17. The molecule has 15 rings (SSSR count). The van der Waals surface area contributed by atoms with Gasteiger partial charge < -0.3 is 38.6 Å². The molecule has 4 aromatic heterocycles. The summed E-state index contributed by atoms with van der Waals surface area (Å²) in [6.07, 6.45) is 17.8. The number of nitrogens with zero attached hydrogens (tertiary/aromatic N) is 12. The highest BCUT2D eigenvalue weighted by Gasteiger charge is 2.55. The van der Waals surface area contributed by atoms with E-state index in [1.54, 1.807) is 12.4 Å². The molecular weight excluding hydrogens is 1130 g/mol. The number of carbonyl (C=O) groups excluding carboxylic acids is 1. The lowest BCUT2D eigenvalue weighted by Gasteiger charge is -2.45. The van der Waals surface area contributed by atoms with Gasteiger partial charge in [0.2, 0.25) is 0 Å². The minimum Gasteiger partial charge on any atom is -0.461 e. The van der Waals surface area contributed by atoms with Gasteiger partial charge >= 0.3 is 18.1 Å². The maximum atomic E-state index is 17.8.